The maximum Gasteiger partial charge on any atom is 0.214 e. The Balaban J connectivity index is 0.000000309. The Morgan fingerprint density at radius 1 is 1.00 bits per heavy atom. The predicted octanol–water partition coefficient (Wildman–Crippen LogP) is -0.562. The predicted molar refractivity (Wildman–Crippen MR) is 71.9 cm³/mol. The molecule has 0 N–H and O–H groups in total. The molecule has 5 nitrogen and oxygen atoms in total. The van der Waals surface area contributed by atoms with Crippen molar-refractivity contribution in [1.29, 1.82) is 0 Å². The molecule has 0 atom stereocenters. The second-order valence-electron chi connectivity index (χ2n) is 4.47. The first-order valence-corrected chi connectivity index (χ1v) is 7.96. The van der Waals surface area contributed by atoms with Crippen LogP contribution in [0.3, 0.4) is 0 Å². The van der Waals surface area contributed by atoms with E-state index in [0.717, 1.165) is 10.8 Å². The molecule has 0 unspecified atom stereocenters. The summed E-state index contributed by atoms with van der Waals surface area (Å²) in [6.45, 7) is 2.09. The lowest BCUT2D eigenvalue weighted by Crippen LogP contribution is -2.68. The number of nitrogens with zero attached hydrogens (tertiary/aromatic N) is 1. The Bertz CT molecular complexity index is 828. The van der Waals surface area contributed by atoms with Crippen LogP contribution in [-0.2, 0) is 0 Å². The van der Waals surface area contributed by atoms with E-state index < -0.39 is 10.2 Å². The monoisotopic (exact) mass is 361 g/mol. The van der Waals surface area contributed by atoms with Gasteiger partial charge in [0, 0.05) is 28.1 Å². The molecular weight excluding hydrogens is 353 g/mol. The zero-order valence-electron chi connectivity index (χ0n) is 11.3. The molecule has 0 aliphatic rings. The van der Waals surface area contributed by atoms with Gasteiger partial charge in [-0.1, -0.05) is 23.2 Å². The van der Waals surface area contributed by atoms with E-state index in [1.165, 1.54) is 11.1 Å². The van der Waals surface area contributed by atoms with Crippen LogP contribution in [0.4, 0.5) is 0 Å². The largest absolute Gasteiger partial charge is 0.222 e. The van der Waals surface area contributed by atoms with Gasteiger partial charge in [-0.3, -0.25) is 0 Å². The van der Waals surface area contributed by atoms with Gasteiger partial charge in [0.25, 0.3) is 0 Å². The molecular formula is C14H10Cl3NO4. The molecule has 0 aliphatic heterocycles. The summed E-state index contributed by atoms with van der Waals surface area (Å²) in [7, 11) is -4.94. The summed E-state index contributed by atoms with van der Waals surface area (Å²) >= 11 is 12.3. The van der Waals surface area contributed by atoms with E-state index in [1.54, 1.807) is 6.07 Å². The van der Waals surface area contributed by atoms with Gasteiger partial charge in [0.15, 0.2) is 12.4 Å². The lowest BCUT2D eigenvalue weighted by Gasteiger charge is -2.17. The van der Waals surface area contributed by atoms with Crippen LogP contribution < -0.4 is 23.0 Å². The maximum absolute atomic E-state index is 8.49. The van der Waals surface area contributed by atoms with Gasteiger partial charge in [-0.15, -0.1) is 10.2 Å². The average Bonchev–Trinajstić information content (AvgIpc) is 2.39. The zero-order chi connectivity index (χ0) is 16.5. The molecule has 0 radical (unpaired) electrons. The topological polar surface area (TPSA) is 96.3 Å². The summed E-state index contributed by atoms with van der Waals surface area (Å²) in [5.41, 5.74) is 2.35. The fourth-order valence-electron chi connectivity index (χ4n) is 2.19. The zero-order valence-corrected chi connectivity index (χ0v) is 13.5. The first kappa shape index (κ1) is 17.2. The SMILES string of the molecule is Cc1c2cc(Cl)cc(Cl)c2c[n+]2ccccc12.[O-][Cl+3]([O-])([O-])[O-]. The van der Waals surface area contributed by atoms with Crippen LogP contribution >= 0.6 is 23.2 Å². The van der Waals surface area contributed by atoms with Crippen molar-refractivity contribution in [3.8, 4) is 0 Å². The van der Waals surface area contributed by atoms with Gasteiger partial charge in [-0.2, -0.15) is 4.40 Å². The van der Waals surface area contributed by atoms with Gasteiger partial charge in [-0.05, 0) is 25.1 Å². The Hall–Kier alpha value is -1.18. The van der Waals surface area contributed by atoms with E-state index >= 15 is 0 Å². The molecule has 0 saturated carbocycles. The Morgan fingerprint density at radius 3 is 2.27 bits per heavy atom. The summed E-state index contributed by atoms with van der Waals surface area (Å²) in [6.07, 6.45) is 4.06. The molecule has 22 heavy (non-hydrogen) atoms. The highest BCUT2D eigenvalue weighted by molar-refractivity contribution is 6.38. The van der Waals surface area contributed by atoms with Crippen molar-refractivity contribution in [3.05, 3.63) is 58.3 Å². The number of benzene rings is 1. The smallest absolute Gasteiger partial charge is 0.214 e. The Kier molecular flexibility index (Phi) is 5.09. The van der Waals surface area contributed by atoms with Gasteiger partial charge in [0.05, 0.1) is 10.4 Å². The Labute approximate surface area is 138 Å². The molecule has 0 fully saturated rings. The number of hydrogen-bond donors (Lipinski definition) is 0. The standard InChI is InChI=1S/C14H10Cl2N.ClHO4/c1-9-11-6-10(15)7-13(16)12(11)8-17-5-3-2-4-14(9)17;2-1(3,4)5/h2-8H,1H3;(H,2,3,4,5)/q+1;/p-1. The van der Waals surface area contributed by atoms with E-state index in [-0.39, 0.29) is 0 Å². The molecule has 8 heteroatoms. The van der Waals surface area contributed by atoms with Crippen LogP contribution in [-0.4, -0.2) is 0 Å². The van der Waals surface area contributed by atoms with Gasteiger partial charge in [0.1, 0.15) is 0 Å². The van der Waals surface area contributed by atoms with Gasteiger partial charge in [-0.25, -0.2) is 18.6 Å². The minimum Gasteiger partial charge on any atom is -0.222 e. The number of halogens is 3. The summed E-state index contributed by atoms with van der Waals surface area (Å²) in [5.74, 6) is 0. The molecule has 1 aromatic carbocycles. The second-order valence-corrected chi connectivity index (χ2v) is 6.07. The van der Waals surface area contributed by atoms with E-state index in [0.29, 0.717) is 10.0 Å². The second kappa shape index (κ2) is 6.52. The summed E-state index contributed by atoms with van der Waals surface area (Å²) in [6, 6.07) is 9.86. The first-order valence-electron chi connectivity index (χ1n) is 5.97. The summed E-state index contributed by atoms with van der Waals surface area (Å²) < 4.78 is 36.1. The van der Waals surface area contributed by atoms with E-state index in [9.17, 15) is 0 Å². The van der Waals surface area contributed by atoms with Crippen molar-refractivity contribution in [2.75, 3.05) is 0 Å². The molecule has 0 amide bonds. The van der Waals surface area contributed by atoms with E-state index in [1.807, 2.05) is 30.6 Å². The number of hydrogen-bond acceptors (Lipinski definition) is 4. The van der Waals surface area contributed by atoms with Crippen LogP contribution in [0.2, 0.25) is 10.0 Å². The number of fused-ring (bicyclic) bond motifs is 2. The van der Waals surface area contributed by atoms with Crippen LogP contribution in [0, 0.1) is 17.2 Å². The average molecular weight is 363 g/mol. The number of aryl methyl sites for hydroxylation is 1. The molecule has 3 aromatic rings. The minimum absolute atomic E-state index is 0.672. The fraction of sp³-hybridized carbons (Fsp3) is 0.0714. The van der Waals surface area contributed by atoms with Crippen molar-refractivity contribution in [2.24, 2.45) is 0 Å². The summed E-state index contributed by atoms with van der Waals surface area (Å²) in [5, 5.41) is 3.49. The third-order valence-electron chi connectivity index (χ3n) is 3.04. The van der Waals surface area contributed by atoms with E-state index in [4.69, 9.17) is 41.8 Å². The Morgan fingerprint density at radius 2 is 1.64 bits per heavy atom. The summed E-state index contributed by atoms with van der Waals surface area (Å²) in [4.78, 5) is 0. The number of pyridine rings is 2. The van der Waals surface area contributed by atoms with Crippen molar-refractivity contribution in [2.45, 2.75) is 6.92 Å². The lowest BCUT2D eigenvalue weighted by molar-refractivity contribution is -2.00. The van der Waals surface area contributed by atoms with E-state index in [2.05, 4.69) is 17.4 Å². The lowest BCUT2D eigenvalue weighted by atomic mass is 10.1. The molecule has 0 aliphatic carbocycles. The van der Waals surface area contributed by atoms with Crippen LogP contribution in [0.15, 0.2) is 42.7 Å². The molecule has 0 spiro atoms. The van der Waals surface area contributed by atoms with Crippen LogP contribution in [0.1, 0.15) is 5.56 Å². The quantitative estimate of drug-likeness (QED) is 0.395. The van der Waals surface area contributed by atoms with Crippen molar-refractivity contribution < 1.29 is 33.3 Å². The van der Waals surface area contributed by atoms with Crippen LogP contribution in [0.5, 0.6) is 0 Å². The number of aromatic nitrogens is 1. The molecule has 2 heterocycles. The highest BCUT2D eigenvalue weighted by Crippen LogP contribution is 2.29. The van der Waals surface area contributed by atoms with Gasteiger partial charge < -0.3 is 0 Å². The van der Waals surface area contributed by atoms with Gasteiger partial charge >= 0.3 is 0 Å². The fourth-order valence-corrected chi connectivity index (χ4v) is 2.73. The van der Waals surface area contributed by atoms with Crippen molar-refractivity contribution in [1.82, 2.24) is 0 Å². The third kappa shape index (κ3) is 4.18. The first-order chi connectivity index (χ1) is 10.2. The molecule has 0 saturated heterocycles. The highest BCUT2D eigenvalue weighted by Gasteiger charge is 2.13. The van der Waals surface area contributed by atoms with Crippen molar-refractivity contribution >= 4 is 39.5 Å². The molecule has 0 bridgehead atoms. The van der Waals surface area contributed by atoms with Crippen molar-refractivity contribution in [3.63, 3.8) is 0 Å². The van der Waals surface area contributed by atoms with Gasteiger partial charge in [0.2, 0.25) is 5.52 Å². The molecule has 3 rings (SSSR count). The maximum atomic E-state index is 8.49. The van der Waals surface area contributed by atoms with Crippen LogP contribution in [0.25, 0.3) is 16.3 Å². The third-order valence-corrected chi connectivity index (χ3v) is 3.57. The number of rotatable bonds is 0. The highest BCUT2D eigenvalue weighted by atomic mass is 35.7. The molecule has 2 aromatic heterocycles. The normalized spacial score (nSPS) is 11.4. The minimum atomic E-state index is -4.94. The molecule has 116 valence electrons.